The van der Waals surface area contributed by atoms with Crippen molar-refractivity contribution >= 4 is 34.2 Å². The molecule has 0 unspecified atom stereocenters. The van der Waals surface area contributed by atoms with Crippen LogP contribution in [-0.4, -0.2) is 32.6 Å². The Labute approximate surface area is 173 Å². The molecule has 6 nitrogen and oxygen atoms in total. The molecule has 0 spiro atoms. The maximum absolute atomic E-state index is 12.8. The Morgan fingerprint density at radius 2 is 1.76 bits per heavy atom. The van der Waals surface area contributed by atoms with E-state index in [1.165, 1.54) is 0 Å². The highest BCUT2D eigenvalue weighted by Gasteiger charge is 2.20. The van der Waals surface area contributed by atoms with Crippen molar-refractivity contribution in [1.82, 2.24) is 14.9 Å². The molecule has 0 aliphatic rings. The second-order valence-corrected chi connectivity index (χ2v) is 7.51. The molecule has 1 amide bonds. The maximum atomic E-state index is 12.8. The molecular weight excluding hydrogens is 390 g/mol. The molecule has 0 atom stereocenters. The molecule has 0 fully saturated rings. The number of rotatable bonds is 7. The fraction of sp³-hybridized carbons (Fsp3) is 0.273. The van der Waals surface area contributed by atoms with Gasteiger partial charge in [-0.2, -0.15) is 0 Å². The normalized spacial score (nSPS) is 11.0. The van der Waals surface area contributed by atoms with Gasteiger partial charge in [0.2, 0.25) is 5.91 Å². The molecule has 0 radical (unpaired) electrons. The van der Waals surface area contributed by atoms with Gasteiger partial charge in [0.1, 0.15) is 5.82 Å². The molecule has 3 rings (SSSR count). The third kappa shape index (κ3) is 5.09. The molecule has 29 heavy (non-hydrogen) atoms. The van der Waals surface area contributed by atoms with Gasteiger partial charge in [0.15, 0.2) is 5.78 Å². The van der Waals surface area contributed by atoms with Gasteiger partial charge < -0.3 is 9.88 Å². The van der Waals surface area contributed by atoms with Crippen LogP contribution in [0.25, 0.3) is 10.9 Å². The summed E-state index contributed by atoms with van der Waals surface area (Å²) >= 11 is 5.84. The largest absolute Gasteiger partial charge is 0.333 e. The first-order chi connectivity index (χ1) is 13.8. The number of carbonyl (C=O) groups excluding carboxylic acids is 2. The summed E-state index contributed by atoms with van der Waals surface area (Å²) in [6.07, 6.45) is 0.183. The lowest BCUT2D eigenvalue weighted by atomic mass is 10.1. The molecule has 0 aliphatic carbocycles. The number of Topliss-reactive ketones (excluding diaryl/α,β-unsaturated/α-hetero) is 1. The van der Waals surface area contributed by atoms with Gasteiger partial charge in [-0.25, -0.2) is 4.98 Å². The van der Waals surface area contributed by atoms with Crippen LogP contribution in [0.1, 0.15) is 42.9 Å². The molecule has 0 saturated heterocycles. The van der Waals surface area contributed by atoms with Crippen molar-refractivity contribution in [2.24, 2.45) is 0 Å². The molecule has 0 bridgehead atoms. The first-order valence-corrected chi connectivity index (χ1v) is 9.79. The van der Waals surface area contributed by atoms with Crippen LogP contribution >= 0.6 is 11.6 Å². The average molecular weight is 412 g/mol. The number of hydrogen-bond acceptors (Lipinski definition) is 4. The monoisotopic (exact) mass is 411 g/mol. The minimum Gasteiger partial charge on any atom is -0.333 e. The maximum Gasteiger partial charge on any atom is 0.258 e. The zero-order valence-corrected chi connectivity index (χ0v) is 17.1. The number of carbonyl (C=O) groups is 2. The van der Waals surface area contributed by atoms with Crippen molar-refractivity contribution in [3.63, 3.8) is 0 Å². The second-order valence-electron chi connectivity index (χ2n) is 7.08. The molecule has 1 heterocycles. The number of H-pyrrole nitrogens is 1. The van der Waals surface area contributed by atoms with Gasteiger partial charge in [0.25, 0.3) is 5.56 Å². The van der Waals surface area contributed by atoms with Crippen LogP contribution in [0, 0.1) is 0 Å². The van der Waals surface area contributed by atoms with E-state index in [0.717, 1.165) is 0 Å². The lowest BCUT2D eigenvalue weighted by molar-refractivity contribution is -0.133. The van der Waals surface area contributed by atoms with Gasteiger partial charge in [-0.3, -0.25) is 14.4 Å². The first-order valence-electron chi connectivity index (χ1n) is 9.41. The number of halogens is 1. The highest BCUT2D eigenvalue weighted by atomic mass is 35.5. The van der Waals surface area contributed by atoms with Crippen LogP contribution in [0.4, 0.5) is 0 Å². The summed E-state index contributed by atoms with van der Waals surface area (Å²) in [7, 11) is 0. The first kappa shape index (κ1) is 20.7. The van der Waals surface area contributed by atoms with Crippen LogP contribution in [0.2, 0.25) is 5.02 Å². The number of hydrogen-bond donors (Lipinski definition) is 1. The lowest BCUT2D eigenvalue weighted by Crippen LogP contribution is -2.37. The summed E-state index contributed by atoms with van der Waals surface area (Å²) in [5, 5.41) is 1.06. The van der Waals surface area contributed by atoms with E-state index >= 15 is 0 Å². The van der Waals surface area contributed by atoms with Crippen molar-refractivity contribution in [3.05, 3.63) is 75.3 Å². The number of amides is 1. The van der Waals surface area contributed by atoms with Gasteiger partial charge in [-0.1, -0.05) is 23.7 Å². The van der Waals surface area contributed by atoms with Crippen LogP contribution in [-0.2, 0) is 11.3 Å². The van der Waals surface area contributed by atoms with Crippen molar-refractivity contribution in [2.45, 2.75) is 39.3 Å². The molecule has 2 aromatic carbocycles. The molecule has 1 N–H and O–H groups in total. The second kappa shape index (κ2) is 9.01. The smallest absolute Gasteiger partial charge is 0.258 e. The Hall–Kier alpha value is -2.99. The summed E-state index contributed by atoms with van der Waals surface area (Å²) in [5.74, 6) is 0.133. The minimum absolute atomic E-state index is 0.0808. The van der Waals surface area contributed by atoms with Crippen molar-refractivity contribution in [1.29, 1.82) is 0 Å². The predicted octanol–water partition coefficient (Wildman–Crippen LogP) is 3.98. The van der Waals surface area contributed by atoms with Gasteiger partial charge >= 0.3 is 0 Å². The molecule has 7 heteroatoms. The van der Waals surface area contributed by atoms with E-state index < -0.39 is 0 Å². The van der Waals surface area contributed by atoms with Crippen LogP contribution in [0.5, 0.6) is 0 Å². The summed E-state index contributed by atoms with van der Waals surface area (Å²) in [6, 6.07) is 13.6. The Bertz CT molecular complexity index is 1090. The summed E-state index contributed by atoms with van der Waals surface area (Å²) in [5.41, 5.74) is 0.874. The zero-order valence-electron chi connectivity index (χ0n) is 16.3. The third-order valence-corrected chi connectivity index (χ3v) is 4.91. The number of benzene rings is 2. The van der Waals surface area contributed by atoms with Crippen molar-refractivity contribution in [3.8, 4) is 0 Å². The Balaban J connectivity index is 1.71. The molecule has 0 saturated carbocycles. The van der Waals surface area contributed by atoms with E-state index in [2.05, 4.69) is 9.97 Å². The average Bonchev–Trinajstić information content (AvgIpc) is 2.70. The van der Waals surface area contributed by atoms with Gasteiger partial charge in [0, 0.05) is 29.5 Å². The Morgan fingerprint density at radius 3 is 2.45 bits per heavy atom. The fourth-order valence-electron chi connectivity index (χ4n) is 3.07. The number of aromatic nitrogens is 2. The number of para-hydroxylation sites is 1. The SMILES string of the molecule is CC(C)N(Cc1nc2ccccc2c(=O)[nH]1)C(=O)CCC(=O)c1ccc(Cl)cc1. The van der Waals surface area contributed by atoms with E-state index in [9.17, 15) is 14.4 Å². The van der Waals surface area contributed by atoms with Gasteiger partial charge in [0.05, 0.1) is 17.4 Å². The van der Waals surface area contributed by atoms with Gasteiger partial charge in [-0.05, 0) is 50.2 Å². The summed E-state index contributed by atoms with van der Waals surface area (Å²) in [4.78, 5) is 46.2. The van der Waals surface area contributed by atoms with E-state index in [1.807, 2.05) is 19.9 Å². The quantitative estimate of drug-likeness (QED) is 0.596. The number of ketones is 1. The number of fused-ring (bicyclic) bond motifs is 1. The lowest BCUT2D eigenvalue weighted by Gasteiger charge is -2.26. The summed E-state index contributed by atoms with van der Waals surface area (Å²) < 4.78 is 0. The number of nitrogens with zero attached hydrogens (tertiary/aromatic N) is 2. The number of aromatic amines is 1. The standard InChI is InChI=1S/C22H22ClN3O3/c1-14(2)26(13-20-24-18-6-4-3-5-17(18)22(29)25-20)21(28)12-11-19(27)15-7-9-16(23)10-8-15/h3-10,14H,11-13H2,1-2H3,(H,24,25,29). The van der Waals surface area contributed by atoms with E-state index in [-0.39, 0.29) is 42.7 Å². The molecule has 150 valence electrons. The zero-order chi connectivity index (χ0) is 21.0. The summed E-state index contributed by atoms with van der Waals surface area (Å²) in [6.45, 7) is 3.95. The Kier molecular flexibility index (Phi) is 6.44. The van der Waals surface area contributed by atoms with Crippen molar-refractivity contribution in [2.75, 3.05) is 0 Å². The topological polar surface area (TPSA) is 83.1 Å². The van der Waals surface area contributed by atoms with E-state index in [0.29, 0.717) is 27.3 Å². The third-order valence-electron chi connectivity index (χ3n) is 4.66. The van der Waals surface area contributed by atoms with Crippen LogP contribution < -0.4 is 5.56 Å². The van der Waals surface area contributed by atoms with Crippen LogP contribution in [0.3, 0.4) is 0 Å². The molecule has 3 aromatic rings. The van der Waals surface area contributed by atoms with Crippen molar-refractivity contribution < 1.29 is 9.59 Å². The van der Waals surface area contributed by atoms with Crippen LogP contribution in [0.15, 0.2) is 53.3 Å². The minimum atomic E-state index is -0.236. The van der Waals surface area contributed by atoms with E-state index in [1.54, 1.807) is 47.4 Å². The highest BCUT2D eigenvalue weighted by molar-refractivity contribution is 6.30. The Morgan fingerprint density at radius 1 is 1.07 bits per heavy atom. The molecular formula is C22H22ClN3O3. The molecule has 0 aliphatic heterocycles. The highest BCUT2D eigenvalue weighted by Crippen LogP contribution is 2.14. The fourth-order valence-corrected chi connectivity index (χ4v) is 3.20. The van der Waals surface area contributed by atoms with E-state index in [4.69, 9.17) is 11.6 Å². The molecule has 1 aromatic heterocycles. The predicted molar refractivity (Wildman–Crippen MR) is 113 cm³/mol. The number of nitrogens with one attached hydrogen (secondary N) is 1. The van der Waals surface area contributed by atoms with Gasteiger partial charge in [-0.15, -0.1) is 0 Å².